The van der Waals surface area contributed by atoms with Crippen molar-refractivity contribution in [1.29, 1.82) is 0 Å². The fourth-order valence-electron chi connectivity index (χ4n) is 1.04. The molecule has 1 aromatic rings. The molecule has 0 aromatic heterocycles. The van der Waals surface area contributed by atoms with Crippen molar-refractivity contribution in [1.82, 2.24) is 10.6 Å². The number of benzene rings is 1. The number of hydrogen-bond acceptors (Lipinski definition) is 1. The molecule has 0 spiro atoms. The summed E-state index contributed by atoms with van der Waals surface area (Å²) in [4.78, 5) is 11.0. The molecule has 2 amide bonds. The quantitative estimate of drug-likeness (QED) is 0.758. The van der Waals surface area contributed by atoms with Gasteiger partial charge in [0.25, 0.3) is 0 Å². The van der Waals surface area contributed by atoms with E-state index in [0.29, 0.717) is 12.1 Å². The molecule has 1 aromatic carbocycles. The number of carbonyl (C=O) groups excluding carboxylic acids is 1. The number of halogens is 1. The summed E-state index contributed by atoms with van der Waals surface area (Å²) in [6.45, 7) is 2.59. The highest BCUT2D eigenvalue weighted by Crippen LogP contribution is 2.04. The molecule has 0 aliphatic rings. The molecule has 0 radical (unpaired) electrons. The van der Waals surface area contributed by atoms with Crippen LogP contribution in [-0.2, 0) is 6.54 Å². The van der Waals surface area contributed by atoms with E-state index in [9.17, 15) is 9.18 Å². The SMILES string of the molecule is CCNC(=O)NCc1ccccc1F. The van der Waals surface area contributed by atoms with Gasteiger partial charge in [0, 0.05) is 18.7 Å². The van der Waals surface area contributed by atoms with Crippen molar-refractivity contribution in [2.24, 2.45) is 0 Å². The molecule has 14 heavy (non-hydrogen) atoms. The molecule has 4 heteroatoms. The third-order valence-electron chi connectivity index (χ3n) is 1.73. The van der Waals surface area contributed by atoms with E-state index in [1.54, 1.807) is 18.2 Å². The van der Waals surface area contributed by atoms with Gasteiger partial charge in [-0.25, -0.2) is 9.18 Å². The first-order valence-electron chi connectivity index (χ1n) is 4.49. The largest absolute Gasteiger partial charge is 0.338 e. The summed E-state index contributed by atoms with van der Waals surface area (Å²) in [7, 11) is 0. The summed E-state index contributed by atoms with van der Waals surface area (Å²) in [6.07, 6.45) is 0. The van der Waals surface area contributed by atoms with E-state index in [4.69, 9.17) is 0 Å². The zero-order valence-electron chi connectivity index (χ0n) is 8.01. The molecule has 76 valence electrons. The molecule has 3 nitrogen and oxygen atoms in total. The zero-order valence-corrected chi connectivity index (χ0v) is 8.01. The Bertz CT molecular complexity index is 315. The topological polar surface area (TPSA) is 41.1 Å². The average Bonchev–Trinajstić information content (AvgIpc) is 2.17. The van der Waals surface area contributed by atoms with Crippen LogP contribution in [0.5, 0.6) is 0 Å². The molecule has 1 rings (SSSR count). The van der Waals surface area contributed by atoms with Gasteiger partial charge in [-0.2, -0.15) is 0 Å². The van der Waals surface area contributed by atoms with Gasteiger partial charge in [0.2, 0.25) is 0 Å². The predicted molar refractivity (Wildman–Crippen MR) is 52.3 cm³/mol. The fourth-order valence-corrected chi connectivity index (χ4v) is 1.04. The van der Waals surface area contributed by atoms with Gasteiger partial charge in [-0.1, -0.05) is 18.2 Å². The van der Waals surface area contributed by atoms with Gasteiger partial charge in [0.05, 0.1) is 0 Å². The zero-order chi connectivity index (χ0) is 10.4. The number of urea groups is 1. The van der Waals surface area contributed by atoms with Crippen LogP contribution in [0.4, 0.5) is 9.18 Å². The molecule has 0 unspecified atom stereocenters. The molecule has 0 aliphatic carbocycles. The van der Waals surface area contributed by atoms with Gasteiger partial charge in [-0.3, -0.25) is 0 Å². The average molecular weight is 196 g/mol. The van der Waals surface area contributed by atoms with Crippen molar-refractivity contribution in [3.05, 3.63) is 35.6 Å². The maximum absolute atomic E-state index is 13.1. The van der Waals surface area contributed by atoms with Crippen LogP contribution in [0.3, 0.4) is 0 Å². The van der Waals surface area contributed by atoms with Crippen molar-refractivity contribution in [3.8, 4) is 0 Å². The minimum Gasteiger partial charge on any atom is -0.338 e. The Balaban J connectivity index is 2.46. The van der Waals surface area contributed by atoms with Crippen LogP contribution in [0.1, 0.15) is 12.5 Å². The monoisotopic (exact) mass is 196 g/mol. The van der Waals surface area contributed by atoms with Gasteiger partial charge in [0.1, 0.15) is 5.82 Å². The van der Waals surface area contributed by atoms with Crippen molar-refractivity contribution in [3.63, 3.8) is 0 Å². The van der Waals surface area contributed by atoms with Crippen molar-refractivity contribution in [2.75, 3.05) is 6.54 Å². The third-order valence-corrected chi connectivity index (χ3v) is 1.73. The standard InChI is InChI=1S/C10H13FN2O/c1-2-12-10(14)13-7-8-5-3-4-6-9(8)11/h3-6H,2,7H2,1H3,(H2,12,13,14). The van der Waals surface area contributed by atoms with E-state index in [2.05, 4.69) is 10.6 Å². The van der Waals surface area contributed by atoms with E-state index in [1.165, 1.54) is 6.07 Å². The van der Waals surface area contributed by atoms with Crippen LogP contribution in [0.15, 0.2) is 24.3 Å². The lowest BCUT2D eigenvalue weighted by molar-refractivity contribution is 0.241. The first kappa shape index (κ1) is 10.5. The van der Waals surface area contributed by atoms with E-state index in [-0.39, 0.29) is 18.4 Å². The molecular weight excluding hydrogens is 183 g/mol. The predicted octanol–water partition coefficient (Wildman–Crippen LogP) is 1.64. The highest BCUT2D eigenvalue weighted by atomic mass is 19.1. The summed E-state index contributed by atoms with van der Waals surface area (Å²) in [5, 5.41) is 5.11. The van der Waals surface area contributed by atoms with E-state index in [1.807, 2.05) is 6.92 Å². The number of rotatable bonds is 3. The Morgan fingerprint density at radius 3 is 2.71 bits per heavy atom. The second kappa shape index (κ2) is 5.21. The lowest BCUT2D eigenvalue weighted by Gasteiger charge is -2.06. The smallest absolute Gasteiger partial charge is 0.315 e. The molecule has 0 heterocycles. The second-order valence-electron chi connectivity index (χ2n) is 2.80. The molecule has 0 bridgehead atoms. The lowest BCUT2D eigenvalue weighted by atomic mass is 10.2. The van der Waals surface area contributed by atoms with E-state index < -0.39 is 0 Å². The molecule has 0 saturated heterocycles. The summed E-state index contributed by atoms with van der Waals surface area (Å²) in [6, 6.07) is 6.08. The Labute approximate surface area is 82.3 Å². The van der Waals surface area contributed by atoms with Crippen molar-refractivity contribution in [2.45, 2.75) is 13.5 Å². The summed E-state index contributed by atoms with van der Waals surface area (Å²) in [5.74, 6) is -0.302. The van der Waals surface area contributed by atoms with Gasteiger partial charge < -0.3 is 10.6 Å². The second-order valence-corrected chi connectivity index (χ2v) is 2.80. The maximum atomic E-state index is 13.1. The lowest BCUT2D eigenvalue weighted by Crippen LogP contribution is -2.34. The van der Waals surface area contributed by atoms with Gasteiger partial charge in [0.15, 0.2) is 0 Å². The maximum Gasteiger partial charge on any atom is 0.315 e. The van der Waals surface area contributed by atoms with Crippen LogP contribution in [-0.4, -0.2) is 12.6 Å². The van der Waals surface area contributed by atoms with Crippen molar-refractivity contribution >= 4 is 6.03 Å². The Hall–Kier alpha value is -1.58. The minimum atomic E-state index is -0.302. The molecule has 2 N–H and O–H groups in total. The van der Waals surface area contributed by atoms with Crippen LogP contribution in [0.2, 0.25) is 0 Å². The number of amides is 2. The summed E-state index contributed by atoms with van der Waals surface area (Å²) >= 11 is 0. The van der Waals surface area contributed by atoms with E-state index in [0.717, 1.165) is 0 Å². The van der Waals surface area contributed by atoms with E-state index >= 15 is 0 Å². The van der Waals surface area contributed by atoms with Crippen LogP contribution < -0.4 is 10.6 Å². The highest BCUT2D eigenvalue weighted by molar-refractivity contribution is 5.73. The van der Waals surface area contributed by atoms with Gasteiger partial charge >= 0.3 is 6.03 Å². The molecule has 0 aliphatic heterocycles. The summed E-state index contributed by atoms with van der Waals surface area (Å²) < 4.78 is 13.1. The van der Waals surface area contributed by atoms with Crippen LogP contribution in [0.25, 0.3) is 0 Å². The number of nitrogens with one attached hydrogen (secondary N) is 2. The van der Waals surface area contributed by atoms with Crippen LogP contribution in [0, 0.1) is 5.82 Å². The Morgan fingerprint density at radius 1 is 1.36 bits per heavy atom. The molecule has 0 atom stereocenters. The molecular formula is C10H13FN2O. The minimum absolute atomic E-state index is 0.207. The molecule has 0 saturated carbocycles. The first-order valence-corrected chi connectivity index (χ1v) is 4.49. The Kier molecular flexibility index (Phi) is 3.91. The van der Waals surface area contributed by atoms with Crippen molar-refractivity contribution < 1.29 is 9.18 Å². The van der Waals surface area contributed by atoms with Gasteiger partial charge in [-0.15, -0.1) is 0 Å². The number of hydrogen-bond donors (Lipinski definition) is 2. The molecule has 0 fully saturated rings. The van der Waals surface area contributed by atoms with Crippen LogP contribution >= 0.6 is 0 Å². The Morgan fingerprint density at radius 2 is 2.07 bits per heavy atom. The number of carbonyl (C=O) groups is 1. The fraction of sp³-hybridized carbons (Fsp3) is 0.300. The normalized spacial score (nSPS) is 9.57. The highest BCUT2D eigenvalue weighted by Gasteiger charge is 2.02. The third kappa shape index (κ3) is 3.05. The van der Waals surface area contributed by atoms with Gasteiger partial charge in [-0.05, 0) is 13.0 Å². The summed E-state index contributed by atoms with van der Waals surface area (Å²) in [5.41, 5.74) is 0.485. The first-order chi connectivity index (χ1) is 6.74.